The van der Waals surface area contributed by atoms with Gasteiger partial charge in [0.2, 0.25) is 0 Å². The van der Waals surface area contributed by atoms with E-state index < -0.39 is 12.1 Å². The molecule has 1 N–H and O–H groups in total. The van der Waals surface area contributed by atoms with Gasteiger partial charge in [-0.05, 0) is 12.8 Å². The number of unbranched alkanes of at least 4 members (excludes halogenated alkanes) is 1. The molecule has 1 rings (SSSR count). The van der Waals surface area contributed by atoms with Gasteiger partial charge >= 0.3 is 5.97 Å². The molecule has 1 aromatic heterocycles. The van der Waals surface area contributed by atoms with Crippen LogP contribution < -0.4 is 0 Å². The SMILES string of the molecule is CCCCOCC(O)Cn1nnc(C(=O)OC)c1CC. The minimum absolute atomic E-state index is 0.203. The molecule has 20 heavy (non-hydrogen) atoms. The molecule has 1 unspecified atom stereocenters. The maximum absolute atomic E-state index is 11.5. The lowest BCUT2D eigenvalue weighted by atomic mass is 10.2. The summed E-state index contributed by atoms with van der Waals surface area (Å²) < 4.78 is 11.5. The van der Waals surface area contributed by atoms with E-state index in [0.29, 0.717) is 18.7 Å². The van der Waals surface area contributed by atoms with Crippen molar-refractivity contribution in [2.45, 2.75) is 45.8 Å². The number of nitrogens with zero attached hydrogens (tertiary/aromatic N) is 3. The van der Waals surface area contributed by atoms with Crippen LogP contribution >= 0.6 is 0 Å². The largest absolute Gasteiger partial charge is 0.464 e. The number of ether oxygens (including phenoxy) is 2. The Morgan fingerprint density at radius 3 is 2.80 bits per heavy atom. The van der Waals surface area contributed by atoms with E-state index in [1.54, 1.807) is 0 Å². The average Bonchev–Trinajstić information content (AvgIpc) is 2.85. The first kappa shape index (κ1) is 16.6. The van der Waals surface area contributed by atoms with Gasteiger partial charge in [-0.1, -0.05) is 25.5 Å². The molecule has 0 aliphatic rings. The van der Waals surface area contributed by atoms with Crippen molar-refractivity contribution in [2.75, 3.05) is 20.3 Å². The molecule has 0 amide bonds. The summed E-state index contributed by atoms with van der Waals surface area (Å²) in [5.41, 5.74) is 0.860. The standard InChI is InChI=1S/C13H23N3O4/c1-4-6-7-20-9-10(17)8-16-11(5-2)12(14-15-16)13(18)19-3/h10,17H,4-9H2,1-3H3. The molecular weight excluding hydrogens is 262 g/mol. The zero-order chi connectivity index (χ0) is 15.0. The second-order valence-corrected chi connectivity index (χ2v) is 4.49. The third-order valence-corrected chi connectivity index (χ3v) is 2.89. The van der Waals surface area contributed by atoms with Crippen LogP contribution in [0, 0.1) is 0 Å². The van der Waals surface area contributed by atoms with Crippen LogP contribution in [0.2, 0.25) is 0 Å². The van der Waals surface area contributed by atoms with Gasteiger partial charge in [-0.25, -0.2) is 9.48 Å². The Bertz CT molecular complexity index is 420. The first-order chi connectivity index (χ1) is 9.63. The minimum Gasteiger partial charge on any atom is -0.464 e. The molecule has 1 heterocycles. The zero-order valence-corrected chi connectivity index (χ0v) is 12.3. The molecule has 114 valence electrons. The molecule has 0 saturated carbocycles. The van der Waals surface area contributed by atoms with Crippen LogP contribution in [0.25, 0.3) is 0 Å². The molecule has 0 saturated heterocycles. The van der Waals surface area contributed by atoms with Crippen molar-refractivity contribution in [1.29, 1.82) is 0 Å². The van der Waals surface area contributed by atoms with Gasteiger partial charge in [-0.15, -0.1) is 5.10 Å². The third-order valence-electron chi connectivity index (χ3n) is 2.89. The lowest BCUT2D eigenvalue weighted by Crippen LogP contribution is -2.24. The number of aromatic nitrogens is 3. The highest BCUT2D eigenvalue weighted by Gasteiger charge is 2.20. The third kappa shape index (κ3) is 4.57. The Kier molecular flexibility index (Phi) is 7.17. The number of hydrogen-bond donors (Lipinski definition) is 1. The molecule has 1 aromatic rings. The number of esters is 1. The van der Waals surface area contributed by atoms with Crippen LogP contribution in [-0.4, -0.2) is 52.5 Å². The molecule has 0 spiro atoms. The van der Waals surface area contributed by atoms with Crippen LogP contribution in [0.3, 0.4) is 0 Å². The van der Waals surface area contributed by atoms with E-state index in [0.717, 1.165) is 12.8 Å². The maximum Gasteiger partial charge on any atom is 0.360 e. The number of carbonyl (C=O) groups is 1. The fourth-order valence-electron chi connectivity index (χ4n) is 1.80. The Morgan fingerprint density at radius 2 is 2.20 bits per heavy atom. The average molecular weight is 285 g/mol. The first-order valence-corrected chi connectivity index (χ1v) is 6.90. The second kappa shape index (κ2) is 8.65. The van der Waals surface area contributed by atoms with Crippen LogP contribution in [0.15, 0.2) is 0 Å². The molecule has 7 heteroatoms. The molecule has 0 fully saturated rings. The summed E-state index contributed by atoms with van der Waals surface area (Å²) in [6.45, 7) is 5.11. The molecule has 0 radical (unpaired) electrons. The van der Waals surface area contributed by atoms with Gasteiger partial charge in [0.1, 0.15) is 0 Å². The van der Waals surface area contributed by atoms with E-state index in [2.05, 4.69) is 22.0 Å². The maximum atomic E-state index is 11.5. The van der Waals surface area contributed by atoms with E-state index in [-0.39, 0.29) is 18.8 Å². The molecule has 0 aromatic carbocycles. The Morgan fingerprint density at radius 1 is 1.45 bits per heavy atom. The number of aliphatic hydroxyl groups is 1. The summed E-state index contributed by atoms with van der Waals surface area (Å²) >= 11 is 0. The number of rotatable bonds is 9. The van der Waals surface area contributed by atoms with E-state index in [9.17, 15) is 9.90 Å². The normalized spacial score (nSPS) is 12.4. The first-order valence-electron chi connectivity index (χ1n) is 6.90. The summed E-state index contributed by atoms with van der Waals surface area (Å²) in [5.74, 6) is -0.512. The lowest BCUT2D eigenvalue weighted by Gasteiger charge is -2.12. The molecular formula is C13H23N3O4. The number of hydrogen-bond acceptors (Lipinski definition) is 6. The highest BCUT2D eigenvalue weighted by Crippen LogP contribution is 2.09. The van der Waals surface area contributed by atoms with Crippen LogP contribution in [0.4, 0.5) is 0 Å². The fourth-order valence-corrected chi connectivity index (χ4v) is 1.80. The Hall–Kier alpha value is -1.47. The number of carbonyl (C=O) groups excluding carboxylic acids is 1. The van der Waals surface area contributed by atoms with Gasteiger partial charge in [0.15, 0.2) is 5.69 Å². The van der Waals surface area contributed by atoms with Crippen LogP contribution in [0.1, 0.15) is 42.9 Å². The molecule has 0 aliphatic heterocycles. The summed E-state index contributed by atoms with van der Waals surface area (Å²) in [6.07, 6.45) is 1.94. The second-order valence-electron chi connectivity index (χ2n) is 4.49. The van der Waals surface area contributed by atoms with Gasteiger partial charge in [-0.2, -0.15) is 0 Å². The zero-order valence-electron chi connectivity index (χ0n) is 12.3. The summed E-state index contributed by atoms with van der Waals surface area (Å²) in [7, 11) is 1.30. The van der Waals surface area contributed by atoms with Crippen molar-refractivity contribution in [2.24, 2.45) is 0 Å². The van der Waals surface area contributed by atoms with E-state index in [4.69, 9.17) is 4.74 Å². The Balaban J connectivity index is 2.58. The van der Waals surface area contributed by atoms with Crippen LogP contribution in [0.5, 0.6) is 0 Å². The quantitative estimate of drug-likeness (QED) is 0.533. The monoisotopic (exact) mass is 285 g/mol. The Labute approximate surface area is 118 Å². The van der Waals surface area contributed by atoms with Crippen LogP contribution in [-0.2, 0) is 22.4 Å². The van der Waals surface area contributed by atoms with Crippen molar-refractivity contribution < 1.29 is 19.4 Å². The highest BCUT2D eigenvalue weighted by atomic mass is 16.5. The van der Waals surface area contributed by atoms with Crippen molar-refractivity contribution >= 4 is 5.97 Å². The highest BCUT2D eigenvalue weighted by molar-refractivity contribution is 5.88. The van der Waals surface area contributed by atoms with Crippen molar-refractivity contribution in [1.82, 2.24) is 15.0 Å². The van der Waals surface area contributed by atoms with E-state index >= 15 is 0 Å². The van der Waals surface area contributed by atoms with Gasteiger partial charge < -0.3 is 14.6 Å². The summed E-state index contributed by atoms with van der Waals surface area (Å²) in [6, 6.07) is 0. The van der Waals surface area contributed by atoms with E-state index in [1.807, 2.05) is 6.92 Å². The van der Waals surface area contributed by atoms with Crippen molar-refractivity contribution in [3.8, 4) is 0 Å². The predicted molar refractivity (Wildman–Crippen MR) is 72.5 cm³/mol. The summed E-state index contributed by atoms with van der Waals surface area (Å²) in [4.78, 5) is 11.5. The van der Waals surface area contributed by atoms with Gasteiger partial charge in [0.25, 0.3) is 0 Å². The molecule has 1 atom stereocenters. The van der Waals surface area contributed by atoms with Crippen molar-refractivity contribution in [3.63, 3.8) is 0 Å². The minimum atomic E-state index is -0.677. The number of methoxy groups -OCH3 is 1. The topological polar surface area (TPSA) is 86.5 Å². The predicted octanol–water partition coefficient (Wildman–Crippen LogP) is 0.805. The fraction of sp³-hybridized carbons (Fsp3) is 0.769. The molecule has 7 nitrogen and oxygen atoms in total. The van der Waals surface area contributed by atoms with Gasteiger partial charge in [0, 0.05) is 6.61 Å². The number of aliphatic hydroxyl groups excluding tert-OH is 1. The lowest BCUT2D eigenvalue weighted by molar-refractivity contribution is 0.0247. The summed E-state index contributed by atoms with van der Waals surface area (Å²) in [5, 5.41) is 17.6. The van der Waals surface area contributed by atoms with Gasteiger partial charge in [-0.3, -0.25) is 0 Å². The molecule has 0 bridgehead atoms. The van der Waals surface area contributed by atoms with Gasteiger partial charge in [0.05, 0.1) is 32.1 Å². The van der Waals surface area contributed by atoms with E-state index in [1.165, 1.54) is 11.8 Å². The smallest absolute Gasteiger partial charge is 0.360 e. The molecule has 0 aliphatic carbocycles. The van der Waals surface area contributed by atoms with Crippen molar-refractivity contribution in [3.05, 3.63) is 11.4 Å².